The van der Waals surface area contributed by atoms with Gasteiger partial charge in [-0.3, -0.25) is 4.79 Å². The van der Waals surface area contributed by atoms with Crippen molar-refractivity contribution in [1.82, 2.24) is 5.32 Å². The highest BCUT2D eigenvalue weighted by molar-refractivity contribution is 6.31. The Kier molecular flexibility index (Phi) is 4.61. The molecule has 4 rings (SSSR count). The van der Waals surface area contributed by atoms with Gasteiger partial charge in [0.1, 0.15) is 0 Å². The predicted molar refractivity (Wildman–Crippen MR) is 95.2 cm³/mol. The van der Waals surface area contributed by atoms with Gasteiger partial charge in [0.2, 0.25) is 0 Å². The summed E-state index contributed by atoms with van der Waals surface area (Å²) in [6, 6.07) is 7.49. The topological polar surface area (TPSA) is 41.6 Å². The van der Waals surface area contributed by atoms with Crippen molar-refractivity contribution in [3.63, 3.8) is 0 Å². The first-order chi connectivity index (χ1) is 13.3. The van der Waals surface area contributed by atoms with Gasteiger partial charge in [-0.05, 0) is 37.1 Å². The molecule has 1 fully saturated rings. The van der Waals surface area contributed by atoms with Crippen LogP contribution in [0.4, 0.5) is 23.2 Å². The van der Waals surface area contributed by atoms with E-state index in [9.17, 15) is 22.4 Å². The second kappa shape index (κ2) is 6.84. The molecule has 0 saturated carbocycles. The van der Waals surface area contributed by atoms with E-state index in [4.69, 9.17) is 16.3 Å². The molecule has 0 aromatic heterocycles. The number of hydrogen-bond acceptors (Lipinski definition) is 3. The van der Waals surface area contributed by atoms with E-state index in [1.807, 2.05) is 4.90 Å². The van der Waals surface area contributed by atoms with Crippen LogP contribution in [0.15, 0.2) is 36.4 Å². The molecule has 2 aromatic rings. The van der Waals surface area contributed by atoms with E-state index in [1.165, 1.54) is 12.1 Å². The number of ether oxygens (including phenoxy) is 1. The first-order valence-corrected chi connectivity index (χ1v) is 9.03. The van der Waals surface area contributed by atoms with Gasteiger partial charge in [-0.15, -0.1) is 0 Å². The molecule has 2 heterocycles. The normalized spacial score (nSPS) is 21.0. The number of anilines is 1. The SMILES string of the molecule is O=C(N[C@H]1CCCN2c3cc(Cl)ccc3Oc3c(F)cccc3[C@@H]12)C(F)(F)F. The van der Waals surface area contributed by atoms with E-state index in [-0.39, 0.29) is 5.75 Å². The molecule has 2 atom stereocenters. The molecular weight excluding hydrogens is 400 g/mol. The van der Waals surface area contributed by atoms with Crippen LogP contribution in [-0.4, -0.2) is 24.7 Å². The van der Waals surface area contributed by atoms with Gasteiger partial charge in [0.25, 0.3) is 0 Å². The molecule has 0 spiro atoms. The zero-order chi connectivity index (χ0) is 20.1. The van der Waals surface area contributed by atoms with E-state index in [1.54, 1.807) is 24.3 Å². The van der Waals surface area contributed by atoms with Crippen LogP contribution >= 0.6 is 11.6 Å². The third-order valence-electron chi connectivity index (χ3n) is 4.96. The van der Waals surface area contributed by atoms with Gasteiger partial charge in [0, 0.05) is 17.1 Å². The van der Waals surface area contributed by atoms with Crippen LogP contribution in [0.2, 0.25) is 5.02 Å². The zero-order valence-electron chi connectivity index (χ0n) is 14.4. The van der Waals surface area contributed by atoms with Crippen molar-refractivity contribution in [3.05, 3.63) is 52.8 Å². The van der Waals surface area contributed by atoms with E-state index in [0.717, 1.165) is 0 Å². The Balaban J connectivity index is 1.85. The molecule has 2 aliphatic rings. The third-order valence-corrected chi connectivity index (χ3v) is 5.20. The van der Waals surface area contributed by atoms with Crippen molar-refractivity contribution in [2.75, 3.05) is 11.4 Å². The first kappa shape index (κ1) is 18.9. The van der Waals surface area contributed by atoms with E-state index >= 15 is 0 Å². The monoisotopic (exact) mass is 414 g/mol. The van der Waals surface area contributed by atoms with Crippen molar-refractivity contribution in [3.8, 4) is 11.5 Å². The fourth-order valence-electron chi connectivity index (χ4n) is 3.83. The van der Waals surface area contributed by atoms with E-state index < -0.39 is 30.0 Å². The second-order valence-corrected chi connectivity index (χ2v) is 7.17. The number of nitrogens with one attached hydrogen (secondary N) is 1. The van der Waals surface area contributed by atoms with Gasteiger partial charge in [-0.25, -0.2) is 4.39 Å². The van der Waals surface area contributed by atoms with Crippen LogP contribution in [0.25, 0.3) is 0 Å². The smallest absolute Gasteiger partial charge is 0.452 e. The number of fused-ring (bicyclic) bond motifs is 5. The van der Waals surface area contributed by atoms with Crippen molar-refractivity contribution in [2.45, 2.75) is 31.1 Å². The second-order valence-electron chi connectivity index (χ2n) is 6.73. The average molecular weight is 415 g/mol. The minimum atomic E-state index is -5.00. The van der Waals surface area contributed by atoms with Crippen molar-refractivity contribution < 1.29 is 27.1 Å². The number of alkyl halides is 3. The lowest BCUT2D eigenvalue weighted by Crippen LogP contribution is -2.52. The largest absolute Gasteiger partial charge is 0.471 e. The molecule has 28 heavy (non-hydrogen) atoms. The van der Waals surface area contributed by atoms with Crippen LogP contribution in [-0.2, 0) is 4.79 Å². The fourth-order valence-corrected chi connectivity index (χ4v) is 4.00. The van der Waals surface area contributed by atoms with Gasteiger partial charge >= 0.3 is 12.1 Å². The number of rotatable bonds is 1. The molecule has 0 unspecified atom stereocenters. The Hall–Kier alpha value is -2.48. The number of nitrogens with zero attached hydrogens (tertiary/aromatic N) is 1. The maximum atomic E-state index is 14.5. The van der Waals surface area contributed by atoms with Gasteiger partial charge in [0.05, 0.1) is 17.8 Å². The highest BCUT2D eigenvalue weighted by atomic mass is 35.5. The maximum Gasteiger partial charge on any atom is 0.471 e. The fraction of sp³-hybridized carbons (Fsp3) is 0.316. The standard InChI is InChI=1S/C19H15ClF4N2O2/c20-10-6-7-15-14(9-10)26-8-2-5-13(25-18(27)19(22,23)24)16(26)11-3-1-4-12(21)17(11)28-15/h1,3-4,6-7,9,13,16H,2,5,8H2,(H,25,27)/t13-,16-/m0/s1. The summed E-state index contributed by atoms with van der Waals surface area (Å²) in [6.45, 7) is 0.496. The quantitative estimate of drug-likeness (QED) is 0.670. The minimum absolute atomic E-state index is 0.0632. The first-order valence-electron chi connectivity index (χ1n) is 8.66. The molecule has 2 aromatic carbocycles. The van der Waals surface area contributed by atoms with Gasteiger partial charge in [-0.1, -0.05) is 23.7 Å². The molecule has 4 nitrogen and oxygen atoms in total. The molecule has 0 aliphatic carbocycles. The summed E-state index contributed by atoms with van der Waals surface area (Å²) < 4.78 is 58.8. The van der Waals surface area contributed by atoms with E-state index in [0.29, 0.717) is 41.4 Å². The number of halogens is 5. The molecule has 9 heteroatoms. The molecule has 1 N–H and O–H groups in total. The molecule has 0 bridgehead atoms. The van der Waals surface area contributed by atoms with Crippen LogP contribution < -0.4 is 15.0 Å². The number of amides is 1. The highest BCUT2D eigenvalue weighted by Crippen LogP contribution is 2.49. The van der Waals surface area contributed by atoms with Crippen LogP contribution in [0.3, 0.4) is 0 Å². The number of piperidine rings is 1. The average Bonchev–Trinajstić information content (AvgIpc) is 2.77. The zero-order valence-corrected chi connectivity index (χ0v) is 15.1. The summed E-state index contributed by atoms with van der Waals surface area (Å²) in [5.74, 6) is -2.37. The summed E-state index contributed by atoms with van der Waals surface area (Å²) in [5.41, 5.74) is 0.915. The maximum absolute atomic E-state index is 14.5. The molecule has 2 aliphatic heterocycles. The Morgan fingerprint density at radius 1 is 1.25 bits per heavy atom. The summed E-state index contributed by atoms with van der Waals surface area (Å²) in [7, 11) is 0. The summed E-state index contributed by atoms with van der Waals surface area (Å²) >= 11 is 6.11. The molecule has 0 radical (unpaired) electrons. The molecule has 1 saturated heterocycles. The summed E-state index contributed by atoms with van der Waals surface area (Å²) in [6.07, 6.45) is -4.15. The number of carbonyl (C=O) groups excluding carboxylic acids is 1. The Morgan fingerprint density at radius 3 is 2.79 bits per heavy atom. The lowest BCUT2D eigenvalue weighted by molar-refractivity contribution is -0.174. The van der Waals surface area contributed by atoms with Crippen LogP contribution in [0, 0.1) is 5.82 Å². The summed E-state index contributed by atoms with van der Waals surface area (Å²) in [5, 5.41) is 2.49. The molecule has 148 valence electrons. The van der Waals surface area contributed by atoms with E-state index in [2.05, 4.69) is 5.32 Å². The highest BCUT2D eigenvalue weighted by Gasteiger charge is 2.44. The van der Waals surface area contributed by atoms with Crippen molar-refractivity contribution in [2.24, 2.45) is 0 Å². The third kappa shape index (κ3) is 3.26. The predicted octanol–water partition coefficient (Wildman–Crippen LogP) is 4.97. The lowest BCUT2D eigenvalue weighted by atomic mass is 9.89. The number of para-hydroxylation sites is 1. The number of hydrogen-bond donors (Lipinski definition) is 1. The van der Waals surface area contributed by atoms with Crippen molar-refractivity contribution >= 4 is 23.2 Å². The van der Waals surface area contributed by atoms with Gasteiger partial charge in [0.15, 0.2) is 17.3 Å². The van der Waals surface area contributed by atoms with Crippen molar-refractivity contribution in [1.29, 1.82) is 0 Å². The van der Waals surface area contributed by atoms with Gasteiger partial charge < -0.3 is 15.0 Å². The molecular formula is C19H15ClF4N2O2. The number of carbonyl (C=O) groups is 1. The Bertz CT molecular complexity index is 935. The number of benzene rings is 2. The Labute approximate surface area is 163 Å². The minimum Gasteiger partial charge on any atom is -0.452 e. The van der Waals surface area contributed by atoms with Crippen LogP contribution in [0.1, 0.15) is 24.4 Å². The van der Waals surface area contributed by atoms with Crippen LogP contribution in [0.5, 0.6) is 11.5 Å². The molecule has 1 amide bonds. The summed E-state index contributed by atoms with van der Waals surface area (Å²) in [4.78, 5) is 13.4. The Morgan fingerprint density at radius 2 is 2.04 bits per heavy atom. The lowest BCUT2D eigenvalue weighted by Gasteiger charge is -2.42. The van der Waals surface area contributed by atoms with Gasteiger partial charge in [-0.2, -0.15) is 13.2 Å².